The highest BCUT2D eigenvalue weighted by Gasteiger charge is 2.67. The highest BCUT2D eigenvalue weighted by atomic mass is 16.5. The number of likely N-dealkylation sites (tertiary alicyclic amines) is 1. The van der Waals surface area contributed by atoms with Gasteiger partial charge in [-0.15, -0.1) is 0 Å². The number of aliphatic hydroxyl groups is 1. The van der Waals surface area contributed by atoms with Gasteiger partial charge in [0.25, 0.3) is 5.91 Å². The number of ether oxygens (including phenoxy) is 1. The lowest BCUT2D eigenvalue weighted by Gasteiger charge is -2.58. The molecule has 4 aliphatic rings. The van der Waals surface area contributed by atoms with E-state index in [0.717, 1.165) is 29.4 Å². The minimum absolute atomic E-state index is 0.0231. The van der Waals surface area contributed by atoms with Crippen molar-refractivity contribution in [2.75, 3.05) is 20.6 Å². The molecule has 2 heterocycles. The van der Waals surface area contributed by atoms with Gasteiger partial charge in [-0.3, -0.25) is 14.4 Å². The Morgan fingerprint density at radius 2 is 1.94 bits per heavy atom. The molecule has 0 saturated carbocycles. The third-order valence-corrected chi connectivity index (χ3v) is 7.98. The molecular formula is C24H32N3O7+. The second-order valence-electron chi connectivity index (χ2n) is 10.2. The van der Waals surface area contributed by atoms with Crippen molar-refractivity contribution >= 4 is 17.8 Å². The first-order chi connectivity index (χ1) is 15.9. The molecule has 7 N–H and O–H groups in total. The lowest BCUT2D eigenvalue weighted by atomic mass is 9.52. The number of nitrogens with zero attached hydrogens (tertiary/aromatic N) is 1. The minimum Gasteiger partial charge on any atom is -0.485 e. The molecule has 10 heteroatoms. The number of aliphatic carboxylic acids is 2. The molecule has 34 heavy (non-hydrogen) atoms. The van der Waals surface area contributed by atoms with E-state index in [1.165, 1.54) is 5.56 Å². The Hall–Kier alpha value is -2.95. The topological polar surface area (TPSA) is 173 Å². The molecule has 2 aliphatic carbocycles. The highest BCUT2D eigenvalue weighted by molar-refractivity contribution is 5.97. The van der Waals surface area contributed by atoms with E-state index in [1.54, 1.807) is 6.07 Å². The van der Waals surface area contributed by atoms with Crippen LogP contribution in [0, 0.1) is 5.92 Å². The smallest absolute Gasteiger partial charge is 0.320 e. The van der Waals surface area contributed by atoms with Crippen molar-refractivity contribution in [2.24, 2.45) is 17.4 Å². The van der Waals surface area contributed by atoms with Crippen LogP contribution in [-0.4, -0.2) is 82.6 Å². The maximum absolute atomic E-state index is 11.9. The Kier molecular flexibility index (Phi) is 5.95. The average Bonchev–Trinajstić information content (AvgIpc) is 3.12. The van der Waals surface area contributed by atoms with Crippen LogP contribution in [0.2, 0.25) is 0 Å². The van der Waals surface area contributed by atoms with Crippen molar-refractivity contribution in [1.82, 2.24) is 0 Å². The first kappa shape index (κ1) is 24.2. The van der Waals surface area contributed by atoms with E-state index in [2.05, 4.69) is 20.2 Å². The van der Waals surface area contributed by atoms with Crippen LogP contribution >= 0.6 is 0 Å². The quantitative estimate of drug-likeness (QED) is 0.293. The predicted octanol–water partition coefficient (Wildman–Crippen LogP) is -0.000900. The molecule has 0 radical (unpaired) electrons. The standard InChI is InChI=1S/C19H22N2O3.C5H9NO4/c1-21(2)8-7-19-12-5-6-14(22)17(19)24-16-11(18(20)23)4-3-10(15(16)19)9-13(12)21;6-3(5(9)10)1-2-4(7)8/h3-6,12-14,17,22H,7-9H2,1-2H3,(H-,20,23);3H,1-2,6H2,(H,7,8)(H,9,10)/p+1/t12?,13-,14?,17?,19+;/m1./s1. The molecular weight excluding hydrogens is 442 g/mol. The van der Waals surface area contributed by atoms with Gasteiger partial charge >= 0.3 is 11.9 Å². The third-order valence-electron chi connectivity index (χ3n) is 7.98. The number of benzene rings is 1. The van der Waals surface area contributed by atoms with Gasteiger partial charge < -0.3 is 36.0 Å². The number of quaternary nitrogens is 1. The molecule has 2 aliphatic heterocycles. The Morgan fingerprint density at radius 1 is 1.24 bits per heavy atom. The number of primary amides is 1. The summed E-state index contributed by atoms with van der Waals surface area (Å²) in [5.74, 6) is -1.70. The number of hydrogen-bond donors (Lipinski definition) is 5. The zero-order valence-electron chi connectivity index (χ0n) is 19.3. The van der Waals surface area contributed by atoms with Crippen LogP contribution in [0.5, 0.6) is 5.75 Å². The zero-order chi connectivity index (χ0) is 25.0. The van der Waals surface area contributed by atoms with Gasteiger partial charge in [-0.25, -0.2) is 0 Å². The molecule has 1 saturated heterocycles. The van der Waals surface area contributed by atoms with Gasteiger partial charge in [-0.05, 0) is 18.1 Å². The number of likely N-dealkylation sites (N-methyl/N-ethyl adjacent to an activating group) is 1. The number of carboxylic acid groups (broad SMARTS) is 2. The molecule has 1 spiro atoms. The number of amides is 1. The SMILES string of the molecule is C[N+]1(C)CC[C@]23c4c5ccc(C(N)=O)c4OC2C(O)C=CC3[C@H]1C5.NC(CCC(=O)O)C(=O)O. The largest absolute Gasteiger partial charge is 0.485 e. The molecule has 1 fully saturated rings. The summed E-state index contributed by atoms with van der Waals surface area (Å²) >= 11 is 0. The predicted molar refractivity (Wildman–Crippen MR) is 121 cm³/mol. The summed E-state index contributed by atoms with van der Waals surface area (Å²) in [6.07, 6.45) is 4.82. The second kappa shape index (κ2) is 8.37. The van der Waals surface area contributed by atoms with E-state index >= 15 is 0 Å². The zero-order valence-corrected chi connectivity index (χ0v) is 19.3. The Morgan fingerprint density at radius 3 is 2.56 bits per heavy atom. The Bertz CT molecular complexity index is 1070. The monoisotopic (exact) mass is 474 g/mol. The van der Waals surface area contributed by atoms with Crippen LogP contribution in [0.4, 0.5) is 0 Å². The molecule has 2 bridgehead atoms. The summed E-state index contributed by atoms with van der Waals surface area (Å²) in [5.41, 5.74) is 13.2. The van der Waals surface area contributed by atoms with E-state index in [0.29, 0.717) is 23.3 Å². The van der Waals surface area contributed by atoms with E-state index in [9.17, 15) is 19.5 Å². The maximum Gasteiger partial charge on any atom is 0.320 e. The van der Waals surface area contributed by atoms with Gasteiger partial charge in [0, 0.05) is 30.7 Å². The lowest BCUT2D eigenvalue weighted by Crippen LogP contribution is -2.70. The molecule has 6 atom stereocenters. The molecule has 1 aromatic carbocycles. The molecule has 0 aromatic heterocycles. The molecule has 1 amide bonds. The van der Waals surface area contributed by atoms with Crippen molar-refractivity contribution in [3.63, 3.8) is 0 Å². The van der Waals surface area contributed by atoms with Crippen LogP contribution in [0.25, 0.3) is 0 Å². The van der Waals surface area contributed by atoms with Gasteiger partial charge in [-0.1, -0.05) is 18.2 Å². The molecule has 1 aromatic rings. The van der Waals surface area contributed by atoms with Crippen molar-refractivity contribution in [2.45, 2.75) is 55.4 Å². The number of rotatable bonds is 5. The Balaban J connectivity index is 0.000000235. The molecule has 184 valence electrons. The summed E-state index contributed by atoms with van der Waals surface area (Å²) in [5, 5.41) is 26.9. The summed E-state index contributed by atoms with van der Waals surface area (Å²) in [6.45, 7) is 1.04. The summed E-state index contributed by atoms with van der Waals surface area (Å²) in [6, 6.07) is 3.24. The number of nitrogens with two attached hydrogens (primary N) is 2. The second-order valence-corrected chi connectivity index (χ2v) is 10.2. The summed E-state index contributed by atoms with van der Waals surface area (Å²) in [4.78, 5) is 31.8. The molecule has 5 rings (SSSR count). The van der Waals surface area contributed by atoms with Crippen LogP contribution in [0.1, 0.15) is 40.7 Å². The fourth-order valence-corrected chi connectivity index (χ4v) is 6.21. The van der Waals surface area contributed by atoms with Gasteiger partial charge in [0.2, 0.25) is 0 Å². The van der Waals surface area contributed by atoms with E-state index in [-0.39, 0.29) is 24.4 Å². The minimum atomic E-state index is -1.17. The summed E-state index contributed by atoms with van der Waals surface area (Å²) < 4.78 is 7.22. The first-order valence-corrected chi connectivity index (χ1v) is 11.4. The summed E-state index contributed by atoms with van der Waals surface area (Å²) in [7, 11) is 4.59. The van der Waals surface area contributed by atoms with Gasteiger partial charge in [0.1, 0.15) is 30.0 Å². The van der Waals surface area contributed by atoms with Crippen molar-refractivity contribution in [1.29, 1.82) is 0 Å². The maximum atomic E-state index is 11.9. The van der Waals surface area contributed by atoms with E-state index in [1.807, 2.05) is 12.1 Å². The van der Waals surface area contributed by atoms with Crippen molar-refractivity contribution in [3.05, 3.63) is 41.0 Å². The van der Waals surface area contributed by atoms with Crippen LogP contribution in [0.3, 0.4) is 0 Å². The fraction of sp³-hybridized carbons (Fsp3) is 0.542. The van der Waals surface area contributed by atoms with Crippen molar-refractivity contribution in [3.8, 4) is 5.75 Å². The number of carbonyl (C=O) groups excluding carboxylic acids is 1. The van der Waals surface area contributed by atoms with Crippen molar-refractivity contribution < 1.29 is 38.9 Å². The van der Waals surface area contributed by atoms with E-state index < -0.39 is 30.0 Å². The van der Waals surface area contributed by atoms with E-state index in [4.69, 9.17) is 26.4 Å². The number of carbonyl (C=O) groups is 3. The number of carboxylic acids is 2. The number of aliphatic hydroxyl groups excluding tert-OH is 1. The Labute approximate surface area is 197 Å². The van der Waals surface area contributed by atoms with Gasteiger partial charge in [0.15, 0.2) is 0 Å². The number of piperidine rings is 1. The van der Waals surface area contributed by atoms with Crippen LogP contribution < -0.4 is 16.2 Å². The van der Waals surface area contributed by atoms with Crippen LogP contribution in [0.15, 0.2) is 24.3 Å². The van der Waals surface area contributed by atoms with Gasteiger partial charge in [0.05, 0.1) is 31.6 Å². The van der Waals surface area contributed by atoms with Crippen LogP contribution in [-0.2, 0) is 21.4 Å². The normalized spacial score (nSPS) is 31.9. The lowest BCUT2D eigenvalue weighted by molar-refractivity contribution is -0.926. The molecule has 4 unspecified atom stereocenters. The van der Waals surface area contributed by atoms with Gasteiger partial charge in [-0.2, -0.15) is 0 Å². The first-order valence-electron chi connectivity index (χ1n) is 11.4. The number of hydrogen-bond acceptors (Lipinski definition) is 6. The molecule has 10 nitrogen and oxygen atoms in total. The highest BCUT2D eigenvalue weighted by Crippen LogP contribution is 2.62. The average molecular weight is 475 g/mol. The fourth-order valence-electron chi connectivity index (χ4n) is 6.21. The third kappa shape index (κ3) is 3.66.